The molecule has 0 spiro atoms. The zero-order valence-electron chi connectivity index (χ0n) is 33.3. The monoisotopic (exact) mass is 767 g/mol. The first-order valence-corrected chi connectivity index (χ1v) is 20.3. The van der Waals surface area contributed by atoms with Gasteiger partial charge in [-0.1, -0.05) is 78.9 Å². The third-order valence-electron chi connectivity index (χ3n) is 12.1. The van der Waals surface area contributed by atoms with Gasteiger partial charge >= 0.3 is 0 Å². The summed E-state index contributed by atoms with van der Waals surface area (Å²) < 4.78 is 0. The third kappa shape index (κ3) is 7.54. The van der Waals surface area contributed by atoms with Gasteiger partial charge in [-0.05, 0) is 108 Å². The van der Waals surface area contributed by atoms with E-state index in [0.29, 0.717) is 32.4 Å². The molecule has 8 rings (SSSR count). The van der Waals surface area contributed by atoms with Crippen LogP contribution in [0, 0.1) is 0 Å². The first-order valence-electron chi connectivity index (χ1n) is 20.3. The molecule has 4 aromatic rings. The SMILES string of the molecule is CN(C)[C@@H](C(=O)N1CCC[C@H]1C(=O)Nc1ccc2c(c1)CCc1c-2[nH]c2c1=CC(NC(=O)[C@@H]1CCCN1C(=O)[C@@H](c1ccccc1)N(C)C)CC=2)c1ccccc1. The van der Waals surface area contributed by atoms with Crippen LogP contribution in [-0.2, 0) is 32.0 Å². The number of nitrogens with zero attached hydrogens (tertiary/aromatic N) is 4. The van der Waals surface area contributed by atoms with Gasteiger partial charge in [0.15, 0.2) is 0 Å². The van der Waals surface area contributed by atoms with E-state index in [2.05, 4.69) is 39.9 Å². The number of H-pyrrole nitrogens is 1. The van der Waals surface area contributed by atoms with Crippen LogP contribution in [0.4, 0.5) is 5.69 Å². The number of likely N-dealkylation sites (tertiary alicyclic amines) is 2. The molecule has 0 radical (unpaired) electrons. The number of aromatic nitrogens is 1. The molecule has 2 saturated heterocycles. The van der Waals surface area contributed by atoms with E-state index in [1.807, 2.05) is 105 Å². The predicted molar refractivity (Wildman–Crippen MR) is 222 cm³/mol. The fourth-order valence-electron chi connectivity index (χ4n) is 9.43. The molecule has 1 unspecified atom stereocenters. The number of aryl methyl sites for hydroxylation is 1. The van der Waals surface area contributed by atoms with Crippen molar-refractivity contribution >= 4 is 41.5 Å². The van der Waals surface area contributed by atoms with E-state index < -0.39 is 24.2 Å². The van der Waals surface area contributed by atoms with Crippen molar-refractivity contribution in [3.8, 4) is 11.3 Å². The highest BCUT2D eigenvalue weighted by atomic mass is 16.2. The molecule has 2 fully saturated rings. The van der Waals surface area contributed by atoms with Crippen molar-refractivity contribution in [1.29, 1.82) is 0 Å². The summed E-state index contributed by atoms with van der Waals surface area (Å²) in [5.41, 5.74) is 7.12. The molecule has 11 heteroatoms. The Bertz CT molecular complexity index is 2290. The highest BCUT2D eigenvalue weighted by Crippen LogP contribution is 2.33. The summed E-state index contributed by atoms with van der Waals surface area (Å²) in [4.78, 5) is 66.3. The number of carbonyl (C=O) groups is 4. The second-order valence-corrected chi connectivity index (χ2v) is 16.3. The first-order chi connectivity index (χ1) is 27.6. The van der Waals surface area contributed by atoms with Crippen molar-refractivity contribution < 1.29 is 19.2 Å². The molecule has 11 nitrogen and oxygen atoms in total. The standard InChI is InChI=1S/C46H53N7O4/c1-50(2)41(29-13-7-5-8-14-29)45(56)52-25-11-17-38(52)43(54)47-32-20-23-34-31(27-32)19-22-35-36-28-33(21-24-37(36)49-40(34)35)48-44(55)39-18-12-26-53(39)46(57)42(51(3)4)30-15-9-6-10-16-30/h5-10,13-16,20,23-24,27-28,33,38-39,41-42,49H,11-12,17-19,21-22,25-26H2,1-4H3,(H,47,54)(H,48,55)/t33?,38-,39-,41+,42+/m0/s1. The maximum atomic E-state index is 13.9. The summed E-state index contributed by atoms with van der Waals surface area (Å²) in [5.74, 6) is -0.360. The Balaban J connectivity index is 0.948. The molecule has 1 aromatic heterocycles. The minimum atomic E-state index is -0.526. The van der Waals surface area contributed by atoms with E-state index in [9.17, 15) is 19.2 Å². The van der Waals surface area contributed by atoms with Crippen LogP contribution >= 0.6 is 0 Å². The van der Waals surface area contributed by atoms with Crippen molar-refractivity contribution in [2.45, 2.75) is 75.2 Å². The Hall–Kier alpha value is -5.52. The maximum Gasteiger partial charge on any atom is 0.247 e. The van der Waals surface area contributed by atoms with Crippen molar-refractivity contribution in [3.63, 3.8) is 0 Å². The second kappa shape index (κ2) is 16.1. The molecule has 2 aliphatic heterocycles. The average molecular weight is 768 g/mol. The number of nitrogens with one attached hydrogen (secondary N) is 3. The second-order valence-electron chi connectivity index (χ2n) is 16.3. The van der Waals surface area contributed by atoms with E-state index >= 15 is 0 Å². The number of anilines is 1. The van der Waals surface area contributed by atoms with Crippen LogP contribution in [0.15, 0.2) is 78.9 Å². The van der Waals surface area contributed by atoms with E-state index in [-0.39, 0.29) is 29.7 Å². The number of hydrogen-bond acceptors (Lipinski definition) is 6. The summed E-state index contributed by atoms with van der Waals surface area (Å²) in [6.07, 6.45) is 9.48. The zero-order chi connectivity index (χ0) is 39.8. The van der Waals surface area contributed by atoms with Crippen LogP contribution in [0.25, 0.3) is 23.4 Å². The van der Waals surface area contributed by atoms with Gasteiger partial charge in [-0.2, -0.15) is 0 Å². The Kier molecular flexibility index (Phi) is 10.9. The summed E-state index contributed by atoms with van der Waals surface area (Å²) in [7, 11) is 7.60. The van der Waals surface area contributed by atoms with Gasteiger partial charge in [0.05, 0.1) is 6.04 Å². The van der Waals surface area contributed by atoms with Gasteiger partial charge in [-0.25, -0.2) is 0 Å². The Morgan fingerprint density at radius 3 is 1.89 bits per heavy atom. The summed E-state index contributed by atoms with van der Waals surface area (Å²) in [6.45, 7) is 1.13. The number of fused-ring (bicyclic) bond motifs is 5. The zero-order valence-corrected chi connectivity index (χ0v) is 33.3. The van der Waals surface area contributed by atoms with Crippen LogP contribution in [0.5, 0.6) is 0 Å². The van der Waals surface area contributed by atoms with Crippen LogP contribution in [-0.4, -0.2) is 108 Å². The molecule has 0 bridgehead atoms. The lowest BCUT2D eigenvalue weighted by atomic mass is 9.88. The van der Waals surface area contributed by atoms with Crippen molar-refractivity contribution in [3.05, 3.63) is 112 Å². The van der Waals surface area contributed by atoms with E-state index in [0.717, 1.165) is 69.9 Å². The molecule has 3 heterocycles. The van der Waals surface area contributed by atoms with Crippen molar-refractivity contribution in [2.24, 2.45) is 0 Å². The summed E-state index contributed by atoms with van der Waals surface area (Å²) >= 11 is 0. The molecular weight excluding hydrogens is 715 g/mol. The lowest BCUT2D eigenvalue weighted by Gasteiger charge is -2.32. The molecule has 4 amide bonds. The van der Waals surface area contributed by atoms with Gasteiger partial charge in [-0.3, -0.25) is 29.0 Å². The molecule has 4 aliphatic rings. The van der Waals surface area contributed by atoms with Gasteiger partial charge < -0.3 is 25.4 Å². The lowest BCUT2D eigenvalue weighted by molar-refractivity contribution is -0.142. The Labute approximate surface area is 334 Å². The van der Waals surface area contributed by atoms with Gasteiger partial charge in [-0.15, -0.1) is 0 Å². The molecular formula is C46H53N7O4. The molecule has 57 heavy (non-hydrogen) atoms. The first kappa shape index (κ1) is 38.4. The fraction of sp³-hybridized carbons (Fsp3) is 0.391. The third-order valence-corrected chi connectivity index (χ3v) is 12.1. The highest BCUT2D eigenvalue weighted by molar-refractivity contribution is 5.99. The minimum absolute atomic E-state index is 0.0426. The number of benzene rings is 3. The number of likely N-dealkylation sites (N-methyl/N-ethyl adjacent to an activating group) is 2. The van der Waals surface area contributed by atoms with Crippen molar-refractivity contribution in [1.82, 2.24) is 29.9 Å². The number of carbonyl (C=O) groups excluding carboxylic acids is 4. The average Bonchev–Trinajstić information content (AvgIpc) is 3.98. The number of amides is 4. The van der Waals surface area contributed by atoms with E-state index in [4.69, 9.17) is 0 Å². The lowest BCUT2D eigenvalue weighted by Crippen LogP contribution is -2.51. The topological polar surface area (TPSA) is 121 Å². The minimum Gasteiger partial charge on any atom is -0.355 e. The number of hydrogen-bond donors (Lipinski definition) is 3. The molecule has 0 saturated carbocycles. The smallest absolute Gasteiger partial charge is 0.247 e. The van der Waals surface area contributed by atoms with E-state index in [1.54, 1.807) is 9.80 Å². The quantitative estimate of drug-likeness (QED) is 0.226. The Morgan fingerprint density at radius 1 is 0.737 bits per heavy atom. The normalized spacial score (nSPS) is 20.8. The largest absolute Gasteiger partial charge is 0.355 e. The van der Waals surface area contributed by atoms with Crippen LogP contribution in [0.1, 0.15) is 66.4 Å². The maximum absolute atomic E-state index is 13.9. The van der Waals surface area contributed by atoms with Gasteiger partial charge in [0.2, 0.25) is 23.6 Å². The van der Waals surface area contributed by atoms with Crippen molar-refractivity contribution in [2.75, 3.05) is 46.6 Å². The van der Waals surface area contributed by atoms with Gasteiger partial charge in [0, 0.05) is 40.6 Å². The molecule has 5 atom stereocenters. The van der Waals surface area contributed by atoms with E-state index in [1.165, 1.54) is 5.56 Å². The molecule has 296 valence electrons. The van der Waals surface area contributed by atoms with Crippen LogP contribution in [0.2, 0.25) is 0 Å². The molecule has 2 aliphatic carbocycles. The predicted octanol–water partition coefficient (Wildman–Crippen LogP) is 3.76. The van der Waals surface area contributed by atoms with Gasteiger partial charge in [0.25, 0.3) is 0 Å². The van der Waals surface area contributed by atoms with Crippen LogP contribution < -0.4 is 21.2 Å². The van der Waals surface area contributed by atoms with Gasteiger partial charge in [0.1, 0.15) is 24.2 Å². The summed E-state index contributed by atoms with van der Waals surface area (Å²) in [5, 5.41) is 8.60. The fourth-order valence-corrected chi connectivity index (χ4v) is 9.43. The summed E-state index contributed by atoms with van der Waals surface area (Å²) in [6, 6.07) is 23.5. The number of rotatable bonds is 10. The molecule has 3 aromatic carbocycles. The molecule has 3 N–H and O–H groups in total. The van der Waals surface area contributed by atoms with Crippen LogP contribution in [0.3, 0.4) is 0 Å². The Morgan fingerprint density at radius 2 is 1.32 bits per heavy atom. The highest BCUT2D eigenvalue weighted by Gasteiger charge is 2.40. The number of aromatic amines is 1.